The van der Waals surface area contributed by atoms with Crippen molar-refractivity contribution >= 4 is 17.8 Å². The third-order valence-corrected chi connectivity index (χ3v) is 8.34. The average Bonchev–Trinajstić information content (AvgIpc) is 3.32. The Morgan fingerprint density at radius 1 is 1.34 bits per heavy atom. The van der Waals surface area contributed by atoms with Crippen LogP contribution in [-0.4, -0.2) is 82.3 Å². The monoisotopic (exact) mass is 490 g/mol. The summed E-state index contributed by atoms with van der Waals surface area (Å²) in [6.07, 6.45) is 5.38. The fraction of sp³-hybridized carbons (Fsp3) is 0.741. The van der Waals surface area contributed by atoms with Crippen LogP contribution in [-0.2, 0) is 23.9 Å². The molecule has 0 aromatic rings. The van der Waals surface area contributed by atoms with Crippen molar-refractivity contribution < 1.29 is 29.0 Å². The molecule has 7 atom stereocenters. The summed E-state index contributed by atoms with van der Waals surface area (Å²) in [4.78, 5) is 44.9. The lowest BCUT2D eigenvalue weighted by Crippen LogP contribution is -2.59. The fourth-order valence-corrected chi connectivity index (χ4v) is 6.49. The van der Waals surface area contributed by atoms with Crippen molar-refractivity contribution in [3.05, 3.63) is 25.3 Å². The third kappa shape index (κ3) is 4.22. The lowest BCUT2D eigenvalue weighted by molar-refractivity contribution is -0.163. The first-order valence-corrected chi connectivity index (χ1v) is 12.9. The topological polar surface area (TPSA) is 96.4 Å². The highest BCUT2D eigenvalue weighted by Crippen LogP contribution is 2.65. The third-order valence-electron chi connectivity index (χ3n) is 8.34. The number of hydrogen-bond donors (Lipinski definition) is 1. The zero-order valence-electron chi connectivity index (χ0n) is 21.9. The predicted octanol–water partition coefficient (Wildman–Crippen LogP) is 2.56. The molecule has 3 aliphatic heterocycles. The zero-order valence-corrected chi connectivity index (χ0v) is 21.9. The summed E-state index contributed by atoms with van der Waals surface area (Å²) in [7, 11) is 0. The molecule has 2 bridgehead atoms. The van der Waals surface area contributed by atoms with E-state index in [1.165, 1.54) is 11.0 Å². The number of aliphatic hydroxyl groups is 1. The maximum atomic E-state index is 14.2. The number of amides is 2. The molecule has 0 aromatic carbocycles. The molecule has 3 aliphatic rings. The summed E-state index contributed by atoms with van der Waals surface area (Å²) in [5.74, 6) is -2.90. The highest BCUT2D eigenvalue weighted by molar-refractivity contribution is 5.98. The van der Waals surface area contributed by atoms with Gasteiger partial charge in [-0.15, -0.1) is 6.58 Å². The molecule has 8 heteroatoms. The molecule has 1 spiro atoms. The van der Waals surface area contributed by atoms with Gasteiger partial charge in [-0.2, -0.15) is 0 Å². The van der Waals surface area contributed by atoms with Gasteiger partial charge in [0.25, 0.3) is 0 Å². The molecular formula is C27H42N2O6. The summed E-state index contributed by atoms with van der Waals surface area (Å²) in [5.41, 5.74) is -2.09. The Labute approximate surface area is 209 Å². The Morgan fingerprint density at radius 3 is 2.57 bits per heavy atom. The molecule has 3 rings (SSSR count). The largest absolute Gasteiger partial charge is 0.461 e. The second-order valence-corrected chi connectivity index (χ2v) is 10.8. The van der Waals surface area contributed by atoms with E-state index < -0.39 is 41.1 Å². The Hall–Kier alpha value is -2.19. The first-order chi connectivity index (χ1) is 16.5. The van der Waals surface area contributed by atoms with Gasteiger partial charge in [0.2, 0.25) is 11.8 Å². The Balaban J connectivity index is 2.15. The number of esters is 1. The molecule has 8 nitrogen and oxygen atoms in total. The molecule has 3 saturated heterocycles. The molecule has 35 heavy (non-hydrogen) atoms. The van der Waals surface area contributed by atoms with Gasteiger partial charge in [0, 0.05) is 13.1 Å². The minimum Gasteiger partial charge on any atom is -0.461 e. The van der Waals surface area contributed by atoms with E-state index >= 15 is 0 Å². The first-order valence-electron chi connectivity index (χ1n) is 12.9. The lowest BCUT2D eigenvalue weighted by Gasteiger charge is -2.40. The number of carbonyl (C=O) groups excluding carboxylic acids is 3. The second kappa shape index (κ2) is 10.4. The van der Waals surface area contributed by atoms with Gasteiger partial charge >= 0.3 is 5.97 Å². The second-order valence-electron chi connectivity index (χ2n) is 10.8. The highest BCUT2D eigenvalue weighted by Gasteiger charge is 2.80. The number of fused-ring (bicyclic) bond motifs is 1. The van der Waals surface area contributed by atoms with Crippen LogP contribution in [0.4, 0.5) is 0 Å². The molecule has 196 valence electrons. The van der Waals surface area contributed by atoms with E-state index in [0.717, 1.165) is 12.8 Å². The Morgan fingerprint density at radius 2 is 2.03 bits per heavy atom. The van der Waals surface area contributed by atoms with Crippen molar-refractivity contribution in [3.8, 4) is 0 Å². The van der Waals surface area contributed by atoms with Crippen molar-refractivity contribution in [1.29, 1.82) is 0 Å². The highest BCUT2D eigenvalue weighted by atomic mass is 16.6. The number of ether oxygens (including phenoxy) is 2. The van der Waals surface area contributed by atoms with Crippen LogP contribution in [0.3, 0.4) is 0 Å². The number of rotatable bonds is 12. The number of likely N-dealkylation sites (tertiary alicyclic amines) is 1. The molecule has 1 N–H and O–H groups in total. The summed E-state index contributed by atoms with van der Waals surface area (Å²) in [6, 6.07) is -1.51. The van der Waals surface area contributed by atoms with Gasteiger partial charge in [0.1, 0.15) is 24.2 Å². The fourth-order valence-electron chi connectivity index (χ4n) is 6.49. The van der Waals surface area contributed by atoms with Gasteiger partial charge in [0.05, 0.1) is 24.2 Å². The van der Waals surface area contributed by atoms with E-state index in [0.29, 0.717) is 19.5 Å². The lowest BCUT2D eigenvalue weighted by atomic mass is 9.62. The Bertz CT molecular complexity index is 859. The summed E-state index contributed by atoms with van der Waals surface area (Å²) in [5, 5.41) is 10.3. The van der Waals surface area contributed by atoms with E-state index in [1.54, 1.807) is 11.0 Å². The summed E-state index contributed by atoms with van der Waals surface area (Å²) < 4.78 is 12.1. The van der Waals surface area contributed by atoms with Gasteiger partial charge in [-0.1, -0.05) is 52.8 Å². The first kappa shape index (κ1) is 27.4. The number of unbranched alkanes of at least 4 members (excludes halogenated alkanes) is 1. The van der Waals surface area contributed by atoms with E-state index in [4.69, 9.17) is 9.47 Å². The molecular weight excluding hydrogens is 448 g/mol. The number of nitrogens with zero attached hydrogens (tertiary/aromatic N) is 2. The molecule has 3 heterocycles. The number of hydrogen-bond acceptors (Lipinski definition) is 6. The Kier molecular flexibility index (Phi) is 8.16. The van der Waals surface area contributed by atoms with Crippen LogP contribution in [0.25, 0.3) is 0 Å². The van der Waals surface area contributed by atoms with Crippen LogP contribution in [0.1, 0.15) is 53.9 Å². The van der Waals surface area contributed by atoms with E-state index in [2.05, 4.69) is 20.1 Å². The van der Waals surface area contributed by atoms with Crippen LogP contribution in [0, 0.1) is 23.7 Å². The minimum absolute atomic E-state index is 0.0369. The van der Waals surface area contributed by atoms with Gasteiger partial charge < -0.3 is 24.4 Å². The van der Waals surface area contributed by atoms with Crippen LogP contribution in [0.15, 0.2) is 25.3 Å². The maximum Gasteiger partial charge on any atom is 0.313 e. The molecule has 0 saturated carbocycles. The van der Waals surface area contributed by atoms with Gasteiger partial charge in [0.15, 0.2) is 0 Å². The van der Waals surface area contributed by atoms with E-state index in [9.17, 15) is 19.5 Å². The SMILES string of the molecule is C=CCOC(=O)[C@H]1[C@H]2C(=O)N([C@@H](CO)C(C)C)C(C(=O)N(CC=C)CCCC)C23CC(C)[C@]1(C)O3. The van der Waals surface area contributed by atoms with Gasteiger partial charge in [-0.3, -0.25) is 14.4 Å². The molecule has 0 aliphatic carbocycles. The molecule has 3 unspecified atom stereocenters. The standard InChI is InChI=1S/C27H42N2O6/c1-8-11-13-28(12-9-2)24(32)22-27-15-18(6)26(7,35-27)21(25(33)34-14-10-3)20(27)23(31)29(22)19(16-30)17(4)5/h9-10,17-22,30H,2-3,8,11-16H2,1,4-7H3/t18?,19-,20-,21+,22?,26-,27?/m0/s1. The van der Waals surface area contributed by atoms with Crippen molar-refractivity contribution in [2.45, 2.75) is 77.2 Å². The van der Waals surface area contributed by atoms with Crippen molar-refractivity contribution in [2.75, 3.05) is 26.3 Å². The van der Waals surface area contributed by atoms with Crippen LogP contribution >= 0.6 is 0 Å². The van der Waals surface area contributed by atoms with Crippen LogP contribution < -0.4 is 0 Å². The smallest absolute Gasteiger partial charge is 0.313 e. The normalized spacial score (nSPS) is 34.1. The summed E-state index contributed by atoms with van der Waals surface area (Å²) in [6.45, 7) is 17.8. The van der Waals surface area contributed by atoms with E-state index in [1.807, 2.05) is 27.7 Å². The van der Waals surface area contributed by atoms with Crippen molar-refractivity contribution in [2.24, 2.45) is 23.7 Å². The van der Waals surface area contributed by atoms with Crippen molar-refractivity contribution in [1.82, 2.24) is 9.80 Å². The quantitative estimate of drug-likeness (QED) is 0.334. The number of aliphatic hydroxyl groups excluding tert-OH is 1. The molecule has 0 radical (unpaired) electrons. The van der Waals surface area contributed by atoms with E-state index in [-0.39, 0.29) is 36.9 Å². The van der Waals surface area contributed by atoms with Crippen LogP contribution in [0.2, 0.25) is 0 Å². The van der Waals surface area contributed by atoms with Gasteiger partial charge in [-0.05, 0) is 31.6 Å². The van der Waals surface area contributed by atoms with Crippen LogP contribution in [0.5, 0.6) is 0 Å². The van der Waals surface area contributed by atoms with Gasteiger partial charge in [-0.25, -0.2) is 0 Å². The number of carbonyl (C=O) groups is 3. The maximum absolute atomic E-state index is 14.2. The minimum atomic E-state index is -1.16. The molecule has 0 aromatic heterocycles. The molecule has 2 amide bonds. The summed E-state index contributed by atoms with van der Waals surface area (Å²) >= 11 is 0. The average molecular weight is 491 g/mol. The predicted molar refractivity (Wildman–Crippen MR) is 132 cm³/mol. The molecule has 3 fully saturated rings. The zero-order chi connectivity index (χ0) is 26.1. The van der Waals surface area contributed by atoms with Crippen molar-refractivity contribution in [3.63, 3.8) is 0 Å².